The van der Waals surface area contributed by atoms with Crippen molar-refractivity contribution in [3.05, 3.63) is 71.7 Å². The molecular formula is C20H14F2N6. The Hall–Kier alpha value is -3.86. The maximum absolute atomic E-state index is 14.3. The van der Waals surface area contributed by atoms with E-state index in [-0.39, 0.29) is 17.7 Å². The molecule has 0 radical (unpaired) electrons. The van der Waals surface area contributed by atoms with Crippen LogP contribution in [0.2, 0.25) is 0 Å². The van der Waals surface area contributed by atoms with Gasteiger partial charge >= 0.3 is 0 Å². The van der Waals surface area contributed by atoms with Crippen LogP contribution in [-0.2, 0) is 0 Å². The molecule has 6 nitrogen and oxygen atoms in total. The predicted molar refractivity (Wildman–Crippen MR) is 100 cm³/mol. The van der Waals surface area contributed by atoms with E-state index < -0.39 is 5.82 Å². The van der Waals surface area contributed by atoms with Crippen molar-refractivity contribution in [2.24, 2.45) is 0 Å². The van der Waals surface area contributed by atoms with E-state index in [2.05, 4.69) is 25.3 Å². The van der Waals surface area contributed by atoms with Crippen LogP contribution in [0.3, 0.4) is 0 Å². The van der Waals surface area contributed by atoms with Crippen molar-refractivity contribution >= 4 is 16.9 Å². The minimum atomic E-state index is -0.603. The smallest absolute Gasteiger partial charge is 0.183 e. The molecule has 0 fully saturated rings. The number of anilines is 1. The van der Waals surface area contributed by atoms with Gasteiger partial charge in [0.25, 0.3) is 0 Å². The summed E-state index contributed by atoms with van der Waals surface area (Å²) in [6, 6.07) is 9.37. The lowest BCUT2D eigenvalue weighted by Crippen LogP contribution is -2.10. The number of halogens is 2. The summed E-state index contributed by atoms with van der Waals surface area (Å²) in [5.41, 5.74) is 2.38. The Kier molecular flexibility index (Phi) is 4.41. The molecule has 0 unspecified atom stereocenters. The van der Waals surface area contributed by atoms with Gasteiger partial charge in [0.15, 0.2) is 17.5 Å². The number of rotatable bonds is 4. The molecular weight excluding hydrogens is 362 g/mol. The monoisotopic (exact) mass is 376 g/mol. The SMILES string of the molecule is C[C@H](Nc1nc(-c2c[nH]c3ncc(C#N)cc23)ncc1F)c1ccc(F)cc1. The van der Waals surface area contributed by atoms with Gasteiger partial charge in [-0.05, 0) is 30.7 Å². The Morgan fingerprint density at radius 2 is 1.93 bits per heavy atom. The second-order valence-corrected chi connectivity index (χ2v) is 6.24. The number of hydrogen-bond donors (Lipinski definition) is 2. The number of fused-ring (bicyclic) bond motifs is 1. The van der Waals surface area contributed by atoms with Crippen LogP contribution in [0.15, 0.2) is 48.9 Å². The number of hydrogen-bond acceptors (Lipinski definition) is 5. The lowest BCUT2D eigenvalue weighted by atomic mass is 10.1. The molecule has 0 aliphatic heterocycles. The number of nitrogens with zero attached hydrogens (tertiary/aromatic N) is 4. The third kappa shape index (κ3) is 3.25. The first-order chi connectivity index (χ1) is 13.5. The van der Waals surface area contributed by atoms with Gasteiger partial charge in [-0.2, -0.15) is 5.26 Å². The summed E-state index contributed by atoms with van der Waals surface area (Å²) in [5, 5.41) is 12.7. The molecule has 0 bridgehead atoms. The number of nitriles is 1. The minimum absolute atomic E-state index is 0.0283. The van der Waals surface area contributed by atoms with Crippen molar-refractivity contribution in [2.45, 2.75) is 13.0 Å². The summed E-state index contributed by atoms with van der Waals surface area (Å²) >= 11 is 0. The van der Waals surface area contributed by atoms with Gasteiger partial charge in [0.2, 0.25) is 0 Å². The van der Waals surface area contributed by atoms with Gasteiger partial charge in [0.05, 0.1) is 17.8 Å². The van der Waals surface area contributed by atoms with Gasteiger partial charge in [-0.3, -0.25) is 0 Å². The molecule has 3 aromatic heterocycles. The average molecular weight is 376 g/mol. The number of H-pyrrole nitrogens is 1. The zero-order valence-electron chi connectivity index (χ0n) is 14.7. The fraction of sp³-hybridized carbons (Fsp3) is 0.100. The van der Waals surface area contributed by atoms with Crippen LogP contribution in [0.1, 0.15) is 24.1 Å². The zero-order chi connectivity index (χ0) is 19.7. The van der Waals surface area contributed by atoms with Crippen LogP contribution < -0.4 is 5.32 Å². The normalized spacial score (nSPS) is 11.9. The number of aromatic amines is 1. The molecule has 28 heavy (non-hydrogen) atoms. The van der Waals surface area contributed by atoms with Crippen molar-refractivity contribution in [3.63, 3.8) is 0 Å². The maximum atomic E-state index is 14.3. The molecule has 8 heteroatoms. The standard InChI is InChI=1S/C20H14F2N6/c1-11(13-2-4-14(21)5-3-13)27-20-17(22)10-26-19(28-20)16-9-25-18-15(16)6-12(7-23)8-24-18/h2-6,8-11H,1H3,(H,24,25)(H,26,27,28)/t11-/m0/s1. The quantitative estimate of drug-likeness (QED) is 0.553. The van der Waals surface area contributed by atoms with E-state index in [1.165, 1.54) is 18.3 Å². The lowest BCUT2D eigenvalue weighted by molar-refractivity contribution is 0.613. The summed E-state index contributed by atoms with van der Waals surface area (Å²) in [6.07, 6.45) is 4.22. The fourth-order valence-corrected chi connectivity index (χ4v) is 2.89. The van der Waals surface area contributed by atoms with E-state index in [1.807, 2.05) is 13.0 Å². The van der Waals surface area contributed by atoms with Gasteiger partial charge in [-0.1, -0.05) is 12.1 Å². The van der Waals surface area contributed by atoms with E-state index in [0.29, 0.717) is 28.0 Å². The van der Waals surface area contributed by atoms with Crippen molar-refractivity contribution in [2.75, 3.05) is 5.32 Å². The van der Waals surface area contributed by atoms with Gasteiger partial charge in [0.1, 0.15) is 17.5 Å². The molecule has 2 N–H and O–H groups in total. The molecule has 0 saturated heterocycles. The number of aromatic nitrogens is 4. The van der Waals surface area contributed by atoms with Gasteiger partial charge in [-0.25, -0.2) is 23.7 Å². The van der Waals surface area contributed by atoms with Crippen molar-refractivity contribution in [3.8, 4) is 17.5 Å². The molecule has 0 aliphatic rings. The van der Waals surface area contributed by atoms with Crippen LogP contribution in [0.5, 0.6) is 0 Å². The first kappa shape index (κ1) is 17.5. The van der Waals surface area contributed by atoms with Gasteiger partial charge in [0, 0.05) is 23.3 Å². The molecule has 0 spiro atoms. The highest BCUT2D eigenvalue weighted by Crippen LogP contribution is 2.28. The fourth-order valence-electron chi connectivity index (χ4n) is 2.89. The van der Waals surface area contributed by atoms with E-state index in [4.69, 9.17) is 5.26 Å². The summed E-state index contributed by atoms with van der Waals surface area (Å²) in [4.78, 5) is 15.5. The van der Waals surface area contributed by atoms with Crippen LogP contribution >= 0.6 is 0 Å². The van der Waals surface area contributed by atoms with E-state index in [0.717, 1.165) is 11.8 Å². The van der Waals surface area contributed by atoms with Crippen molar-refractivity contribution < 1.29 is 8.78 Å². The maximum Gasteiger partial charge on any atom is 0.183 e. The molecule has 1 atom stereocenters. The number of benzene rings is 1. The molecule has 1 aromatic carbocycles. The Labute approximate surface area is 158 Å². The second kappa shape index (κ2) is 7.04. The molecule has 138 valence electrons. The Bertz CT molecular complexity index is 1190. The summed E-state index contributed by atoms with van der Waals surface area (Å²) in [5.74, 6) is -0.622. The number of pyridine rings is 1. The molecule has 4 aromatic rings. The van der Waals surface area contributed by atoms with Crippen LogP contribution in [0.4, 0.5) is 14.6 Å². The minimum Gasteiger partial charge on any atom is -0.361 e. The van der Waals surface area contributed by atoms with E-state index >= 15 is 0 Å². The highest BCUT2D eigenvalue weighted by Gasteiger charge is 2.15. The molecule has 0 amide bonds. The Morgan fingerprint density at radius 3 is 2.68 bits per heavy atom. The summed E-state index contributed by atoms with van der Waals surface area (Å²) in [7, 11) is 0. The number of nitrogens with one attached hydrogen (secondary N) is 2. The first-order valence-electron chi connectivity index (χ1n) is 8.47. The molecule has 4 rings (SSSR count). The van der Waals surface area contributed by atoms with Crippen LogP contribution in [0.25, 0.3) is 22.4 Å². The Morgan fingerprint density at radius 1 is 1.14 bits per heavy atom. The molecule has 0 saturated carbocycles. The highest BCUT2D eigenvalue weighted by molar-refractivity contribution is 5.92. The third-order valence-electron chi connectivity index (χ3n) is 4.37. The molecule has 3 heterocycles. The second-order valence-electron chi connectivity index (χ2n) is 6.24. The van der Waals surface area contributed by atoms with Crippen molar-refractivity contribution in [1.82, 2.24) is 19.9 Å². The lowest BCUT2D eigenvalue weighted by Gasteiger charge is -2.15. The van der Waals surface area contributed by atoms with Crippen molar-refractivity contribution in [1.29, 1.82) is 5.26 Å². The predicted octanol–water partition coefficient (Wildman–Crippen LogP) is 4.34. The van der Waals surface area contributed by atoms with Crippen LogP contribution in [-0.4, -0.2) is 19.9 Å². The third-order valence-corrected chi connectivity index (χ3v) is 4.37. The Balaban J connectivity index is 1.69. The van der Waals surface area contributed by atoms with Gasteiger partial charge in [-0.15, -0.1) is 0 Å². The zero-order valence-corrected chi connectivity index (χ0v) is 14.7. The summed E-state index contributed by atoms with van der Waals surface area (Å²) in [6.45, 7) is 1.82. The highest BCUT2D eigenvalue weighted by atomic mass is 19.1. The van der Waals surface area contributed by atoms with E-state index in [9.17, 15) is 8.78 Å². The molecule has 0 aliphatic carbocycles. The van der Waals surface area contributed by atoms with Gasteiger partial charge < -0.3 is 10.3 Å². The first-order valence-corrected chi connectivity index (χ1v) is 8.47. The summed E-state index contributed by atoms with van der Waals surface area (Å²) < 4.78 is 27.4. The van der Waals surface area contributed by atoms with Crippen LogP contribution in [0, 0.1) is 23.0 Å². The topological polar surface area (TPSA) is 90.3 Å². The van der Waals surface area contributed by atoms with E-state index in [1.54, 1.807) is 24.4 Å². The average Bonchev–Trinajstić information content (AvgIpc) is 3.13. The largest absolute Gasteiger partial charge is 0.361 e.